The second-order valence-corrected chi connectivity index (χ2v) is 10.3. The van der Waals surface area contributed by atoms with Gasteiger partial charge in [0.1, 0.15) is 17.0 Å². The van der Waals surface area contributed by atoms with Gasteiger partial charge in [0.05, 0.1) is 49.2 Å². The number of carbonyl (C=O) groups excluding carboxylic acids is 1. The van der Waals surface area contributed by atoms with Crippen molar-refractivity contribution in [1.29, 1.82) is 0 Å². The van der Waals surface area contributed by atoms with Crippen molar-refractivity contribution in [3.63, 3.8) is 0 Å². The largest absolute Gasteiger partial charge is 0.495 e. The van der Waals surface area contributed by atoms with Crippen LogP contribution in [0, 0.1) is 11.8 Å². The van der Waals surface area contributed by atoms with Gasteiger partial charge in [0.25, 0.3) is 0 Å². The van der Waals surface area contributed by atoms with Crippen molar-refractivity contribution in [3.05, 3.63) is 41.0 Å². The van der Waals surface area contributed by atoms with E-state index in [-0.39, 0.29) is 17.7 Å². The lowest BCUT2D eigenvalue weighted by Crippen LogP contribution is -2.30. The zero-order chi connectivity index (χ0) is 26.8. The minimum Gasteiger partial charge on any atom is -0.495 e. The van der Waals surface area contributed by atoms with Gasteiger partial charge in [-0.3, -0.25) is 4.79 Å². The second kappa shape index (κ2) is 11.3. The molecule has 1 aliphatic carbocycles. The first kappa shape index (κ1) is 26.5. The summed E-state index contributed by atoms with van der Waals surface area (Å²) < 4.78 is 16.5. The highest BCUT2D eigenvalue weighted by Crippen LogP contribution is 2.46. The molecular weight excluding hydrogens is 529 g/mol. The first-order chi connectivity index (χ1) is 18.4. The molecule has 2 aliphatic rings. The maximum absolute atomic E-state index is 11.9. The van der Waals surface area contributed by atoms with Crippen LogP contribution in [0.5, 0.6) is 11.5 Å². The normalized spacial score (nSPS) is 18.8. The fourth-order valence-corrected chi connectivity index (χ4v) is 5.20. The molecule has 1 aromatic carbocycles. The Bertz CT molecular complexity index is 1350. The van der Waals surface area contributed by atoms with E-state index in [1.807, 2.05) is 6.07 Å². The van der Waals surface area contributed by atoms with Crippen molar-refractivity contribution in [2.45, 2.75) is 25.3 Å². The maximum Gasteiger partial charge on any atom is 0.223 e. The molecule has 0 radical (unpaired) electrons. The summed E-state index contributed by atoms with van der Waals surface area (Å²) in [5.74, 6) is 2.50. The van der Waals surface area contributed by atoms with Crippen LogP contribution in [-0.4, -0.2) is 60.8 Å². The molecule has 5 rings (SSSR count). The Morgan fingerprint density at radius 3 is 2.55 bits per heavy atom. The van der Waals surface area contributed by atoms with Gasteiger partial charge in [-0.25, -0.2) is 15.0 Å². The van der Waals surface area contributed by atoms with Crippen molar-refractivity contribution >= 4 is 51.7 Å². The van der Waals surface area contributed by atoms with E-state index in [1.54, 1.807) is 12.3 Å². The number of rotatable bonds is 11. The molecule has 1 saturated carbocycles. The Kier molecular flexibility index (Phi) is 7.88. The molecule has 0 bridgehead atoms. The standard InChI is InChI=1S/C27H29Cl2N5O4/c1-4-17(35)7-16-12-38-13-19(16)33-27-31-11-15-8-18(32-26(25(15)34-27)30-10-14-5-6-14)22-23(28)20(36-2)9-21(37-3)24(22)29/h4,8-9,11,14,16,19H,1,5-7,10,12-13H2,2-3H3,(H,30,32)(H,31,33,34)/t16-,19+/m1/s1. The zero-order valence-electron chi connectivity index (χ0n) is 21.2. The first-order valence-corrected chi connectivity index (χ1v) is 13.2. The lowest BCUT2D eigenvalue weighted by atomic mass is 9.97. The third kappa shape index (κ3) is 5.50. The number of nitrogens with zero attached hydrogens (tertiary/aromatic N) is 3. The van der Waals surface area contributed by atoms with Crippen LogP contribution in [0.25, 0.3) is 22.2 Å². The Hall–Kier alpha value is -3.14. The fraction of sp³-hybridized carbons (Fsp3) is 0.407. The summed E-state index contributed by atoms with van der Waals surface area (Å²) in [6, 6.07) is 3.40. The summed E-state index contributed by atoms with van der Waals surface area (Å²) in [5.41, 5.74) is 1.70. The highest BCUT2D eigenvalue weighted by atomic mass is 35.5. The lowest BCUT2D eigenvalue weighted by molar-refractivity contribution is -0.115. The van der Waals surface area contributed by atoms with Gasteiger partial charge in [-0.2, -0.15) is 0 Å². The molecule has 1 saturated heterocycles. The number of methoxy groups -OCH3 is 2. The molecule has 0 unspecified atom stereocenters. The number of ether oxygens (including phenoxy) is 3. The molecule has 9 nitrogen and oxygen atoms in total. The molecule has 3 heterocycles. The molecular formula is C27H29Cl2N5O4. The van der Waals surface area contributed by atoms with Crippen molar-refractivity contribution in [3.8, 4) is 22.8 Å². The van der Waals surface area contributed by atoms with E-state index >= 15 is 0 Å². The molecule has 0 amide bonds. The lowest BCUT2D eigenvalue weighted by Gasteiger charge is -2.19. The average molecular weight is 558 g/mol. The predicted molar refractivity (Wildman–Crippen MR) is 149 cm³/mol. The van der Waals surface area contributed by atoms with E-state index in [4.69, 9.17) is 47.4 Å². The van der Waals surface area contributed by atoms with E-state index < -0.39 is 0 Å². The molecule has 2 N–H and O–H groups in total. The molecule has 2 fully saturated rings. The SMILES string of the molecule is C=CC(=O)C[C@@H]1COC[C@@H]1Nc1ncc2cc(-c3c(Cl)c(OC)cc(OC)c3Cl)nc(NCC3CC3)c2n1. The number of carbonyl (C=O) groups is 1. The van der Waals surface area contributed by atoms with Crippen molar-refractivity contribution in [2.24, 2.45) is 11.8 Å². The van der Waals surface area contributed by atoms with Crippen molar-refractivity contribution in [2.75, 3.05) is 44.6 Å². The number of ketones is 1. The zero-order valence-corrected chi connectivity index (χ0v) is 22.7. The van der Waals surface area contributed by atoms with Gasteiger partial charge in [-0.15, -0.1) is 0 Å². The third-order valence-corrected chi connectivity index (χ3v) is 7.61. The number of allylic oxidation sites excluding steroid dienone is 1. The Morgan fingerprint density at radius 2 is 1.89 bits per heavy atom. The number of pyridine rings is 1. The number of aromatic nitrogens is 3. The summed E-state index contributed by atoms with van der Waals surface area (Å²) >= 11 is 13.4. The smallest absolute Gasteiger partial charge is 0.223 e. The van der Waals surface area contributed by atoms with Gasteiger partial charge in [-0.1, -0.05) is 29.8 Å². The molecule has 2 aromatic heterocycles. The Balaban J connectivity index is 1.54. The number of halogens is 2. The van der Waals surface area contributed by atoms with Gasteiger partial charge in [0.2, 0.25) is 5.95 Å². The van der Waals surface area contributed by atoms with Crippen LogP contribution < -0.4 is 20.1 Å². The van der Waals surface area contributed by atoms with Gasteiger partial charge in [0, 0.05) is 42.1 Å². The quantitative estimate of drug-likeness (QED) is 0.299. The van der Waals surface area contributed by atoms with Gasteiger partial charge >= 0.3 is 0 Å². The summed E-state index contributed by atoms with van der Waals surface area (Å²) in [4.78, 5) is 26.1. The van der Waals surface area contributed by atoms with Crippen LogP contribution in [-0.2, 0) is 9.53 Å². The van der Waals surface area contributed by atoms with Gasteiger partial charge in [-0.05, 0) is 30.9 Å². The molecule has 3 aromatic rings. The minimum absolute atomic E-state index is 0.0125. The fourth-order valence-electron chi connectivity index (χ4n) is 4.50. The van der Waals surface area contributed by atoms with E-state index in [2.05, 4.69) is 22.2 Å². The van der Waals surface area contributed by atoms with Crippen LogP contribution in [0.15, 0.2) is 31.0 Å². The summed E-state index contributed by atoms with van der Waals surface area (Å²) in [5, 5.41) is 8.23. The van der Waals surface area contributed by atoms with E-state index in [0.717, 1.165) is 11.9 Å². The molecule has 2 atom stereocenters. The first-order valence-electron chi connectivity index (χ1n) is 12.4. The Labute approximate surface area is 230 Å². The topological polar surface area (TPSA) is 107 Å². The molecule has 11 heteroatoms. The number of nitrogens with one attached hydrogen (secondary N) is 2. The molecule has 38 heavy (non-hydrogen) atoms. The molecule has 1 aliphatic heterocycles. The number of benzene rings is 1. The summed E-state index contributed by atoms with van der Waals surface area (Å²) in [6.45, 7) is 5.31. The Morgan fingerprint density at radius 1 is 1.16 bits per heavy atom. The number of fused-ring (bicyclic) bond motifs is 1. The van der Waals surface area contributed by atoms with Gasteiger partial charge in [0.15, 0.2) is 11.6 Å². The molecule has 200 valence electrons. The van der Waals surface area contributed by atoms with Crippen molar-refractivity contribution in [1.82, 2.24) is 15.0 Å². The second-order valence-electron chi connectivity index (χ2n) is 9.52. The highest BCUT2D eigenvalue weighted by molar-refractivity contribution is 6.41. The van der Waals surface area contributed by atoms with Crippen LogP contribution in [0.1, 0.15) is 19.3 Å². The number of hydrogen-bond acceptors (Lipinski definition) is 9. The minimum atomic E-state index is -0.0895. The summed E-state index contributed by atoms with van der Waals surface area (Å²) in [7, 11) is 3.06. The van der Waals surface area contributed by atoms with E-state index in [0.29, 0.717) is 75.6 Å². The summed E-state index contributed by atoms with van der Waals surface area (Å²) in [6.07, 6.45) is 5.81. The van der Waals surface area contributed by atoms with Crippen LogP contribution in [0.3, 0.4) is 0 Å². The monoisotopic (exact) mass is 557 g/mol. The van der Waals surface area contributed by atoms with E-state index in [1.165, 1.54) is 33.1 Å². The molecule has 0 spiro atoms. The number of anilines is 2. The predicted octanol–water partition coefficient (Wildman–Crippen LogP) is 5.41. The third-order valence-electron chi connectivity index (χ3n) is 6.85. The van der Waals surface area contributed by atoms with Gasteiger partial charge < -0.3 is 24.8 Å². The van der Waals surface area contributed by atoms with Crippen molar-refractivity contribution < 1.29 is 19.0 Å². The maximum atomic E-state index is 11.9. The van der Waals surface area contributed by atoms with E-state index in [9.17, 15) is 4.79 Å². The highest BCUT2D eigenvalue weighted by Gasteiger charge is 2.30. The van der Waals surface area contributed by atoms with Crippen LogP contribution in [0.2, 0.25) is 10.0 Å². The average Bonchev–Trinajstić information content (AvgIpc) is 3.66. The van der Waals surface area contributed by atoms with Crippen LogP contribution in [0.4, 0.5) is 11.8 Å². The van der Waals surface area contributed by atoms with Crippen LogP contribution >= 0.6 is 23.2 Å². The number of hydrogen-bond donors (Lipinski definition) is 2.